The predicted molar refractivity (Wildman–Crippen MR) is 75.4 cm³/mol. The molecule has 0 radical (unpaired) electrons. The van der Waals surface area contributed by atoms with Crippen LogP contribution in [0, 0.1) is 11.8 Å². The molecule has 0 aromatic heterocycles. The highest BCUT2D eigenvalue weighted by molar-refractivity contribution is 5.68. The van der Waals surface area contributed by atoms with Crippen molar-refractivity contribution in [1.29, 1.82) is 0 Å². The molecule has 0 N–H and O–H groups in total. The maximum Gasteiger partial charge on any atom is 0.410 e. The van der Waals surface area contributed by atoms with Crippen LogP contribution in [0.1, 0.15) is 40.0 Å². The fourth-order valence-electron chi connectivity index (χ4n) is 3.37. The van der Waals surface area contributed by atoms with Gasteiger partial charge in [0.1, 0.15) is 5.60 Å². The van der Waals surface area contributed by atoms with Crippen molar-refractivity contribution in [3.8, 4) is 0 Å². The van der Waals surface area contributed by atoms with E-state index in [1.807, 2.05) is 25.7 Å². The number of fused-ring (bicyclic) bond motifs is 1. The van der Waals surface area contributed by atoms with Crippen molar-refractivity contribution < 1.29 is 19.0 Å². The molecule has 0 spiro atoms. The fraction of sp³-hybridized carbons (Fsp3) is 0.933. The Labute approximate surface area is 121 Å². The minimum atomic E-state index is -0.459. The van der Waals surface area contributed by atoms with E-state index in [-0.39, 0.29) is 6.09 Å². The lowest BCUT2D eigenvalue weighted by Gasteiger charge is -2.35. The minimum absolute atomic E-state index is 0.205. The summed E-state index contributed by atoms with van der Waals surface area (Å²) in [5, 5.41) is 0. The largest absolute Gasteiger partial charge is 0.444 e. The molecular formula is C15H27NO4. The fourth-order valence-corrected chi connectivity index (χ4v) is 3.37. The van der Waals surface area contributed by atoms with Gasteiger partial charge in [-0.15, -0.1) is 0 Å². The van der Waals surface area contributed by atoms with Crippen LogP contribution in [0.3, 0.4) is 0 Å². The topological polar surface area (TPSA) is 48.0 Å². The summed E-state index contributed by atoms with van der Waals surface area (Å²) in [6.45, 7) is 7.20. The molecular weight excluding hydrogens is 258 g/mol. The number of piperidine rings is 1. The summed E-state index contributed by atoms with van der Waals surface area (Å²) in [7, 11) is 3.40. The average molecular weight is 285 g/mol. The molecule has 20 heavy (non-hydrogen) atoms. The Bertz CT molecular complexity index is 359. The van der Waals surface area contributed by atoms with Gasteiger partial charge in [-0.2, -0.15) is 0 Å². The lowest BCUT2D eigenvalue weighted by Crippen LogP contribution is -2.44. The highest BCUT2D eigenvalue weighted by Crippen LogP contribution is 2.45. The van der Waals surface area contributed by atoms with Gasteiger partial charge in [0.2, 0.25) is 0 Å². The molecule has 1 saturated carbocycles. The number of ether oxygens (including phenoxy) is 3. The van der Waals surface area contributed by atoms with E-state index in [1.165, 1.54) is 0 Å². The van der Waals surface area contributed by atoms with Crippen LogP contribution in [0.2, 0.25) is 0 Å². The Morgan fingerprint density at radius 2 is 1.75 bits per heavy atom. The molecule has 5 nitrogen and oxygen atoms in total. The molecule has 0 bridgehead atoms. The van der Waals surface area contributed by atoms with Crippen molar-refractivity contribution in [3.63, 3.8) is 0 Å². The quantitative estimate of drug-likeness (QED) is 0.732. The highest BCUT2D eigenvalue weighted by atomic mass is 16.7. The second-order valence-corrected chi connectivity index (χ2v) is 6.96. The molecule has 1 heterocycles. The number of amides is 1. The molecule has 2 fully saturated rings. The summed E-state index contributed by atoms with van der Waals surface area (Å²) < 4.78 is 16.6. The average Bonchev–Trinajstić information content (AvgIpc) is 2.75. The molecule has 2 aliphatic rings. The van der Waals surface area contributed by atoms with Crippen LogP contribution < -0.4 is 0 Å². The molecule has 1 aliphatic carbocycles. The smallest absolute Gasteiger partial charge is 0.410 e. The van der Waals surface area contributed by atoms with E-state index in [0.717, 1.165) is 32.4 Å². The number of carbonyl (C=O) groups excluding carboxylic acids is 1. The van der Waals surface area contributed by atoms with E-state index in [1.54, 1.807) is 14.2 Å². The number of carbonyl (C=O) groups is 1. The SMILES string of the molecule is COC1(OC)CC2CCN(C(=O)OC(C)(C)C)CC2C1. The van der Waals surface area contributed by atoms with E-state index >= 15 is 0 Å². The predicted octanol–water partition coefficient (Wildman–Crippen LogP) is 2.64. The monoisotopic (exact) mass is 285 g/mol. The van der Waals surface area contributed by atoms with Crippen LogP contribution >= 0.6 is 0 Å². The first-order chi connectivity index (χ1) is 9.28. The third-order valence-electron chi connectivity index (χ3n) is 4.43. The summed E-state index contributed by atoms with van der Waals surface area (Å²) in [4.78, 5) is 14.0. The first-order valence-corrected chi connectivity index (χ1v) is 7.37. The molecule has 0 aromatic rings. The van der Waals surface area contributed by atoms with Crippen LogP contribution in [0.4, 0.5) is 4.79 Å². The number of methoxy groups -OCH3 is 2. The lowest BCUT2D eigenvalue weighted by atomic mass is 9.89. The number of rotatable bonds is 2. The number of hydrogen-bond acceptors (Lipinski definition) is 4. The van der Waals surface area contributed by atoms with Gasteiger partial charge in [0.15, 0.2) is 5.79 Å². The van der Waals surface area contributed by atoms with Crippen molar-refractivity contribution in [3.05, 3.63) is 0 Å². The molecule has 1 amide bonds. The third-order valence-corrected chi connectivity index (χ3v) is 4.43. The molecule has 2 atom stereocenters. The maximum atomic E-state index is 12.1. The van der Waals surface area contributed by atoms with Gasteiger partial charge in [-0.05, 0) is 39.0 Å². The van der Waals surface area contributed by atoms with Crippen LogP contribution in [0.15, 0.2) is 0 Å². The standard InChI is InChI=1S/C15H27NO4/c1-14(2,3)20-13(17)16-7-6-11-8-15(18-4,19-5)9-12(11)10-16/h11-12H,6-10H2,1-5H3. The van der Waals surface area contributed by atoms with Gasteiger partial charge in [0, 0.05) is 40.2 Å². The van der Waals surface area contributed by atoms with E-state index in [9.17, 15) is 4.79 Å². The van der Waals surface area contributed by atoms with Crippen LogP contribution in [0.25, 0.3) is 0 Å². The Balaban J connectivity index is 1.96. The Kier molecular flexibility index (Phi) is 4.30. The van der Waals surface area contributed by atoms with Gasteiger partial charge < -0.3 is 19.1 Å². The van der Waals surface area contributed by atoms with Crippen molar-refractivity contribution in [2.75, 3.05) is 27.3 Å². The Morgan fingerprint density at radius 1 is 1.15 bits per heavy atom. The van der Waals surface area contributed by atoms with Gasteiger partial charge in [-0.25, -0.2) is 4.79 Å². The van der Waals surface area contributed by atoms with Crippen molar-refractivity contribution in [2.45, 2.75) is 51.4 Å². The summed E-state index contributed by atoms with van der Waals surface area (Å²) in [5.41, 5.74) is -0.438. The summed E-state index contributed by atoms with van der Waals surface area (Å²) in [5.74, 6) is 0.559. The van der Waals surface area contributed by atoms with E-state index in [4.69, 9.17) is 14.2 Å². The van der Waals surface area contributed by atoms with Crippen LogP contribution in [0.5, 0.6) is 0 Å². The Hall–Kier alpha value is -0.810. The van der Waals surface area contributed by atoms with Crippen LogP contribution in [-0.4, -0.2) is 49.7 Å². The summed E-state index contributed by atoms with van der Waals surface area (Å²) in [6.07, 6.45) is 2.57. The van der Waals surface area contributed by atoms with E-state index < -0.39 is 11.4 Å². The maximum absolute atomic E-state index is 12.1. The molecule has 116 valence electrons. The molecule has 1 saturated heterocycles. The molecule has 0 aromatic carbocycles. The van der Waals surface area contributed by atoms with Gasteiger partial charge in [-0.3, -0.25) is 0 Å². The zero-order valence-electron chi connectivity index (χ0n) is 13.3. The molecule has 5 heteroatoms. The molecule has 2 unspecified atom stereocenters. The second-order valence-electron chi connectivity index (χ2n) is 6.96. The third kappa shape index (κ3) is 3.26. The van der Waals surface area contributed by atoms with Gasteiger partial charge >= 0.3 is 6.09 Å². The van der Waals surface area contributed by atoms with Gasteiger partial charge in [0.05, 0.1) is 0 Å². The summed E-state index contributed by atoms with van der Waals surface area (Å²) in [6, 6.07) is 0. The van der Waals surface area contributed by atoms with Crippen LogP contribution in [-0.2, 0) is 14.2 Å². The molecule has 2 rings (SSSR count). The second kappa shape index (κ2) is 5.53. The summed E-state index contributed by atoms with van der Waals surface area (Å²) >= 11 is 0. The highest BCUT2D eigenvalue weighted by Gasteiger charge is 2.48. The normalized spacial score (nSPS) is 29.1. The van der Waals surface area contributed by atoms with E-state index in [2.05, 4.69) is 0 Å². The van der Waals surface area contributed by atoms with Crippen molar-refractivity contribution in [2.24, 2.45) is 11.8 Å². The number of hydrogen-bond donors (Lipinski definition) is 0. The first kappa shape index (κ1) is 15.6. The van der Waals surface area contributed by atoms with Gasteiger partial charge in [0.25, 0.3) is 0 Å². The minimum Gasteiger partial charge on any atom is -0.444 e. The zero-order valence-corrected chi connectivity index (χ0v) is 13.3. The van der Waals surface area contributed by atoms with Crippen molar-refractivity contribution >= 4 is 6.09 Å². The number of nitrogens with zero attached hydrogens (tertiary/aromatic N) is 1. The number of likely N-dealkylation sites (tertiary alicyclic amines) is 1. The molecule has 1 aliphatic heterocycles. The van der Waals surface area contributed by atoms with Crippen molar-refractivity contribution in [1.82, 2.24) is 4.90 Å². The zero-order chi connectivity index (χ0) is 15.0. The lowest BCUT2D eigenvalue weighted by molar-refractivity contribution is -0.203. The first-order valence-electron chi connectivity index (χ1n) is 7.37. The van der Waals surface area contributed by atoms with Gasteiger partial charge in [-0.1, -0.05) is 0 Å². The van der Waals surface area contributed by atoms with E-state index in [0.29, 0.717) is 11.8 Å². The Morgan fingerprint density at radius 3 is 2.30 bits per heavy atom.